The quantitative estimate of drug-likeness (QED) is 0.450. The molecule has 162 valence electrons. The third kappa shape index (κ3) is 6.23. The highest BCUT2D eigenvalue weighted by atomic mass is 35.5. The second kappa shape index (κ2) is 10.8. The molecule has 3 aromatic rings. The van der Waals surface area contributed by atoms with Gasteiger partial charge in [-0.1, -0.05) is 49.7 Å². The van der Waals surface area contributed by atoms with Crippen molar-refractivity contribution in [3.63, 3.8) is 0 Å². The molecular formula is C25H27ClN2O3. The van der Waals surface area contributed by atoms with Gasteiger partial charge < -0.3 is 20.1 Å². The Kier molecular flexibility index (Phi) is 7.93. The number of likely N-dealkylation sites (N-methyl/N-ethyl adjacent to an activating group) is 1. The number of carbonyl (C=O) groups excluding carboxylic acids is 1. The van der Waals surface area contributed by atoms with Crippen LogP contribution in [-0.2, 0) is 0 Å². The van der Waals surface area contributed by atoms with Crippen molar-refractivity contribution in [2.24, 2.45) is 0 Å². The fourth-order valence-electron chi connectivity index (χ4n) is 3.25. The largest absolute Gasteiger partial charge is 0.508 e. The zero-order chi connectivity index (χ0) is 22.2. The van der Waals surface area contributed by atoms with Crippen LogP contribution in [0.2, 0.25) is 5.02 Å². The molecule has 3 rings (SSSR count). The second-order valence-electron chi connectivity index (χ2n) is 7.11. The molecule has 1 amide bonds. The Balaban J connectivity index is 1.65. The minimum absolute atomic E-state index is 0.182. The molecule has 3 aromatic carbocycles. The number of phenolic OH excluding ortho intramolecular Hbond substituents is 1. The van der Waals surface area contributed by atoms with E-state index >= 15 is 0 Å². The SMILES string of the molecule is CCN(CC)CCOc1ccc(NC(=O)c2cccc(-c3cccc(O)c3)c2)cc1Cl. The maximum atomic E-state index is 12.7. The van der Waals surface area contributed by atoms with E-state index in [0.717, 1.165) is 30.8 Å². The molecule has 0 aliphatic rings. The summed E-state index contributed by atoms with van der Waals surface area (Å²) in [4.78, 5) is 15.0. The van der Waals surface area contributed by atoms with Crippen molar-refractivity contribution in [2.75, 3.05) is 31.6 Å². The number of aromatic hydroxyl groups is 1. The Morgan fingerprint density at radius 1 is 1.00 bits per heavy atom. The molecule has 2 N–H and O–H groups in total. The highest BCUT2D eigenvalue weighted by molar-refractivity contribution is 6.32. The maximum absolute atomic E-state index is 12.7. The van der Waals surface area contributed by atoms with Gasteiger partial charge in [-0.2, -0.15) is 0 Å². The molecule has 0 aliphatic heterocycles. The molecule has 0 radical (unpaired) electrons. The monoisotopic (exact) mass is 438 g/mol. The number of anilines is 1. The number of rotatable bonds is 9. The Hall–Kier alpha value is -3.02. The summed E-state index contributed by atoms with van der Waals surface area (Å²) in [5.41, 5.74) is 2.79. The van der Waals surface area contributed by atoms with E-state index in [9.17, 15) is 9.90 Å². The van der Waals surface area contributed by atoms with E-state index in [1.807, 2.05) is 18.2 Å². The molecule has 5 nitrogen and oxygen atoms in total. The van der Waals surface area contributed by atoms with Crippen LogP contribution in [-0.4, -0.2) is 42.2 Å². The fourth-order valence-corrected chi connectivity index (χ4v) is 3.48. The van der Waals surface area contributed by atoms with Crippen LogP contribution in [0, 0.1) is 0 Å². The molecule has 0 saturated heterocycles. The number of amides is 1. The highest BCUT2D eigenvalue weighted by Gasteiger charge is 2.10. The van der Waals surface area contributed by atoms with Crippen molar-refractivity contribution in [2.45, 2.75) is 13.8 Å². The van der Waals surface area contributed by atoms with Gasteiger partial charge in [0.05, 0.1) is 5.02 Å². The van der Waals surface area contributed by atoms with Crippen LogP contribution in [0.3, 0.4) is 0 Å². The Morgan fingerprint density at radius 3 is 2.39 bits per heavy atom. The molecule has 0 aliphatic carbocycles. The van der Waals surface area contributed by atoms with Gasteiger partial charge in [0.1, 0.15) is 18.1 Å². The number of halogens is 1. The minimum Gasteiger partial charge on any atom is -0.508 e. The van der Waals surface area contributed by atoms with E-state index in [1.165, 1.54) is 0 Å². The van der Waals surface area contributed by atoms with Crippen molar-refractivity contribution in [3.05, 3.63) is 77.3 Å². The van der Waals surface area contributed by atoms with Gasteiger partial charge in [0, 0.05) is 17.8 Å². The molecule has 0 aromatic heterocycles. The van der Waals surface area contributed by atoms with Crippen molar-refractivity contribution < 1.29 is 14.6 Å². The van der Waals surface area contributed by atoms with Crippen molar-refractivity contribution in [1.29, 1.82) is 0 Å². The first-order valence-corrected chi connectivity index (χ1v) is 10.7. The summed E-state index contributed by atoms with van der Waals surface area (Å²) in [7, 11) is 0. The average molecular weight is 439 g/mol. The average Bonchev–Trinajstić information content (AvgIpc) is 2.78. The van der Waals surface area contributed by atoms with Crippen LogP contribution < -0.4 is 10.1 Å². The number of carbonyl (C=O) groups is 1. The van der Waals surface area contributed by atoms with Gasteiger partial charge in [-0.25, -0.2) is 0 Å². The first-order valence-electron chi connectivity index (χ1n) is 10.4. The van der Waals surface area contributed by atoms with Gasteiger partial charge in [0.2, 0.25) is 0 Å². The lowest BCUT2D eigenvalue weighted by Crippen LogP contribution is -2.27. The first-order chi connectivity index (χ1) is 15.0. The summed E-state index contributed by atoms with van der Waals surface area (Å²) in [5.74, 6) is 0.535. The standard InChI is InChI=1S/C25H27ClN2O3/c1-3-28(4-2)13-14-31-24-12-11-21(17-23(24)26)27-25(30)20-9-5-7-18(15-20)19-8-6-10-22(29)16-19/h5-12,15-17,29H,3-4,13-14H2,1-2H3,(H,27,30). The lowest BCUT2D eigenvalue weighted by molar-refractivity contribution is 0.102. The van der Waals surface area contributed by atoms with Crippen LogP contribution in [0.25, 0.3) is 11.1 Å². The summed E-state index contributed by atoms with van der Waals surface area (Å²) in [6.07, 6.45) is 0. The van der Waals surface area contributed by atoms with E-state index < -0.39 is 0 Å². The molecule has 0 spiro atoms. The van der Waals surface area contributed by atoms with Gasteiger partial charge in [-0.15, -0.1) is 0 Å². The smallest absolute Gasteiger partial charge is 0.255 e. The summed E-state index contributed by atoms with van der Waals surface area (Å²) in [5, 5.41) is 13.0. The van der Waals surface area contributed by atoms with Gasteiger partial charge in [-0.3, -0.25) is 4.79 Å². The Bertz CT molecular complexity index is 1030. The third-order valence-corrected chi connectivity index (χ3v) is 5.35. The van der Waals surface area contributed by atoms with Gasteiger partial charge in [0.25, 0.3) is 5.91 Å². The second-order valence-corrected chi connectivity index (χ2v) is 7.51. The summed E-state index contributed by atoms with van der Waals surface area (Å²) in [6.45, 7) is 7.57. The van der Waals surface area contributed by atoms with Crippen LogP contribution in [0.15, 0.2) is 66.7 Å². The third-order valence-electron chi connectivity index (χ3n) is 5.05. The minimum atomic E-state index is -0.242. The Morgan fingerprint density at radius 2 is 1.71 bits per heavy atom. The van der Waals surface area contributed by atoms with E-state index in [4.69, 9.17) is 16.3 Å². The zero-order valence-electron chi connectivity index (χ0n) is 17.8. The molecule has 0 unspecified atom stereocenters. The predicted molar refractivity (Wildman–Crippen MR) is 126 cm³/mol. The Labute approximate surface area is 188 Å². The molecular weight excluding hydrogens is 412 g/mol. The molecule has 31 heavy (non-hydrogen) atoms. The molecule has 6 heteroatoms. The topological polar surface area (TPSA) is 61.8 Å². The number of hydrogen-bond acceptors (Lipinski definition) is 4. The van der Waals surface area contributed by atoms with E-state index in [1.54, 1.807) is 48.5 Å². The molecule has 0 atom stereocenters. The van der Waals surface area contributed by atoms with Crippen LogP contribution in [0.1, 0.15) is 24.2 Å². The summed E-state index contributed by atoms with van der Waals surface area (Å²) >= 11 is 6.35. The molecule has 0 fully saturated rings. The number of hydrogen-bond donors (Lipinski definition) is 2. The van der Waals surface area contributed by atoms with Crippen LogP contribution >= 0.6 is 11.6 Å². The van der Waals surface area contributed by atoms with E-state index in [-0.39, 0.29) is 11.7 Å². The number of benzene rings is 3. The lowest BCUT2D eigenvalue weighted by atomic mass is 10.0. The van der Waals surface area contributed by atoms with Crippen molar-refractivity contribution >= 4 is 23.2 Å². The molecule has 0 bridgehead atoms. The number of ether oxygens (including phenoxy) is 1. The van der Waals surface area contributed by atoms with E-state index in [0.29, 0.717) is 28.6 Å². The number of nitrogens with one attached hydrogen (secondary N) is 1. The van der Waals surface area contributed by atoms with Crippen molar-refractivity contribution in [1.82, 2.24) is 4.90 Å². The van der Waals surface area contributed by atoms with Gasteiger partial charge in [0.15, 0.2) is 0 Å². The fraction of sp³-hybridized carbons (Fsp3) is 0.240. The summed E-state index contributed by atoms with van der Waals surface area (Å²) < 4.78 is 5.78. The van der Waals surface area contributed by atoms with Gasteiger partial charge >= 0.3 is 0 Å². The van der Waals surface area contributed by atoms with Gasteiger partial charge in [-0.05, 0) is 66.7 Å². The van der Waals surface area contributed by atoms with Crippen LogP contribution in [0.4, 0.5) is 5.69 Å². The maximum Gasteiger partial charge on any atom is 0.255 e. The first kappa shape index (κ1) is 22.7. The molecule has 0 saturated carbocycles. The lowest BCUT2D eigenvalue weighted by Gasteiger charge is -2.18. The number of phenols is 1. The summed E-state index contributed by atoms with van der Waals surface area (Å²) in [6, 6.07) is 19.4. The number of nitrogens with zero attached hydrogens (tertiary/aromatic N) is 1. The highest BCUT2D eigenvalue weighted by Crippen LogP contribution is 2.28. The van der Waals surface area contributed by atoms with E-state index in [2.05, 4.69) is 24.1 Å². The predicted octanol–water partition coefficient (Wildman–Crippen LogP) is 5.69. The molecule has 0 heterocycles. The normalized spacial score (nSPS) is 10.8. The zero-order valence-corrected chi connectivity index (χ0v) is 18.5. The van der Waals surface area contributed by atoms with Crippen molar-refractivity contribution in [3.8, 4) is 22.6 Å². The van der Waals surface area contributed by atoms with Crippen LogP contribution in [0.5, 0.6) is 11.5 Å².